The fourth-order valence-corrected chi connectivity index (χ4v) is 2.99. The Bertz CT molecular complexity index is 1190. The van der Waals surface area contributed by atoms with Crippen LogP contribution in [-0.2, 0) is 0 Å². The van der Waals surface area contributed by atoms with Crippen molar-refractivity contribution in [3.63, 3.8) is 0 Å². The van der Waals surface area contributed by atoms with Crippen LogP contribution in [0.2, 0.25) is 0 Å². The largest absolute Gasteiger partial charge is 0.497 e. The van der Waals surface area contributed by atoms with Crippen LogP contribution in [0.25, 0.3) is 17.3 Å². The fourth-order valence-electron chi connectivity index (χ4n) is 2.99. The molecule has 1 aliphatic rings. The van der Waals surface area contributed by atoms with Gasteiger partial charge in [0.2, 0.25) is 0 Å². The Morgan fingerprint density at radius 1 is 1.20 bits per heavy atom. The molecule has 3 heterocycles. The Labute approximate surface area is 171 Å². The maximum absolute atomic E-state index is 12.5. The number of anilines is 1. The van der Waals surface area contributed by atoms with Crippen molar-refractivity contribution in [2.24, 2.45) is 0 Å². The first-order valence-corrected chi connectivity index (χ1v) is 9.49. The average molecular weight is 402 g/mol. The molecule has 0 saturated heterocycles. The zero-order chi connectivity index (χ0) is 20.5. The topological polar surface area (TPSA) is 108 Å². The minimum atomic E-state index is -0.318. The third-order valence-corrected chi connectivity index (χ3v) is 4.80. The quantitative estimate of drug-likeness (QED) is 0.526. The first kappa shape index (κ1) is 18.0. The van der Waals surface area contributed by atoms with E-state index in [0.29, 0.717) is 29.1 Å². The van der Waals surface area contributed by atoms with Gasteiger partial charge < -0.3 is 14.6 Å². The summed E-state index contributed by atoms with van der Waals surface area (Å²) in [5, 5.41) is 6.86. The molecular weight excluding hydrogens is 384 g/mol. The standard InChI is InChI=1S/C21H18N6O3/c1-29-16-6-4-15(5-7-16)24-20(28)17-11-27(12-23-17)18-10-14(8-9-22-18)21-25-19(26-30-21)13-2-3-13/h4-13H,2-3H2,1H3,(H,24,28). The van der Waals surface area contributed by atoms with Gasteiger partial charge in [0.15, 0.2) is 5.82 Å². The van der Waals surface area contributed by atoms with Crippen LogP contribution in [0.4, 0.5) is 5.69 Å². The second-order valence-corrected chi connectivity index (χ2v) is 6.98. The SMILES string of the molecule is COc1ccc(NC(=O)c2cn(-c3cc(-c4nc(C5CC5)no4)ccn3)cn2)cc1. The van der Waals surface area contributed by atoms with E-state index in [4.69, 9.17) is 9.26 Å². The van der Waals surface area contributed by atoms with Crippen LogP contribution in [-0.4, -0.2) is 37.7 Å². The third kappa shape index (κ3) is 3.64. The van der Waals surface area contributed by atoms with Gasteiger partial charge in [-0.3, -0.25) is 9.36 Å². The molecule has 4 aromatic rings. The van der Waals surface area contributed by atoms with Crippen molar-refractivity contribution in [2.45, 2.75) is 18.8 Å². The minimum Gasteiger partial charge on any atom is -0.497 e. The molecule has 1 fully saturated rings. The lowest BCUT2D eigenvalue weighted by Gasteiger charge is -2.04. The summed E-state index contributed by atoms with van der Waals surface area (Å²) in [7, 11) is 1.59. The number of pyridine rings is 1. The highest BCUT2D eigenvalue weighted by Crippen LogP contribution is 2.38. The number of imidazole rings is 1. The number of rotatable bonds is 6. The van der Waals surface area contributed by atoms with Crippen LogP contribution in [0.1, 0.15) is 35.1 Å². The van der Waals surface area contributed by atoms with Gasteiger partial charge in [0.05, 0.1) is 7.11 Å². The molecule has 1 amide bonds. The molecule has 0 unspecified atom stereocenters. The van der Waals surface area contributed by atoms with Gasteiger partial charge in [-0.25, -0.2) is 9.97 Å². The Hall–Kier alpha value is -4.01. The summed E-state index contributed by atoms with van der Waals surface area (Å²) < 4.78 is 12.2. The monoisotopic (exact) mass is 402 g/mol. The molecule has 0 radical (unpaired) electrons. The van der Waals surface area contributed by atoms with Crippen LogP contribution >= 0.6 is 0 Å². The van der Waals surface area contributed by atoms with Crippen molar-refractivity contribution in [1.82, 2.24) is 24.7 Å². The maximum Gasteiger partial charge on any atom is 0.275 e. The molecule has 150 valence electrons. The van der Waals surface area contributed by atoms with Crippen LogP contribution in [0.3, 0.4) is 0 Å². The number of nitrogens with zero attached hydrogens (tertiary/aromatic N) is 5. The van der Waals surface area contributed by atoms with E-state index >= 15 is 0 Å². The summed E-state index contributed by atoms with van der Waals surface area (Å²) >= 11 is 0. The molecular formula is C21H18N6O3. The predicted octanol–water partition coefficient (Wildman–Crippen LogP) is 3.46. The molecule has 5 rings (SSSR count). The highest BCUT2D eigenvalue weighted by atomic mass is 16.5. The predicted molar refractivity (Wildman–Crippen MR) is 108 cm³/mol. The lowest BCUT2D eigenvalue weighted by Crippen LogP contribution is -2.12. The van der Waals surface area contributed by atoms with E-state index in [1.165, 1.54) is 0 Å². The van der Waals surface area contributed by atoms with Gasteiger partial charge in [-0.1, -0.05) is 5.16 Å². The number of methoxy groups -OCH3 is 1. The number of ether oxygens (including phenoxy) is 1. The number of amides is 1. The van der Waals surface area contributed by atoms with Crippen LogP contribution in [0.5, 0.6) is 5.75 Å². The Kier molecular flexibility index (Phi) is 4.47. The lowest BCUT2D eigenvalue weighted by molar-refractivity contribution is 0.102. The molecule has 9 heteroatoms. The summed E-state index contributed by atoms with van der Waals surface area (Å²) in [5.74, 6) is 2.62. The third-order valence-electron chi connectivity index (χ3n) is 4.80. The van der Waals surface area contributed by atoms with Gasteiger partial charge in [-0.15, -0.1) is 0 Å². The van der Waals surface area contributed by atoms with Crippen molar-refractivity contribution in [3.8, 4) is 23.0 Å². The molecule has 1 aliphatic carbocycles. The minimum absolute atomic E-state index is 0.270. The van der Waals surface area contributed by atoms with Crippen LogP contribution in [0, 0.1) is 0 Å². The van der Waals surface area contributed by atoms with Crippen LogP contribution in [0.15, 0.2) is 59.6 Å². The van der Waals surface area contributed by atoms with Crippen molar-refractivity contribution < 1.29 is 14.1 Å². The van der Waals surface area contributed by atoms with Crippen molar-refractivity contribution in [3.05, 3.63) is 66.6 Å². The van der Waals surface area contributed by atoms with E-state index in [2.05, 4.69) is 25.4 Å². The lowest BCUT2D eigenvalue weighted by atomic mass is 10.2. The maximum atomic E-state index is 12.5. The summed E-state index contributed by atoms with van der Waals surface area (Å²) in [4.78, 5) is 25.5. The second kappa shape index (κ2) is 7.43. The number of benzene rings is 1. The number of nitrogens with one attached hydrogen (secondary N) is 1. The van der Waals surface area contributed by atoms with E-state index in [0.717, 1.165) is 24.2 Å². The number of hydrogen-bond acceptors (Lipinski definition) is 7. The first-order valence-electron chi connectivity index (χ1n) is 9.49. The van der Waals surface area contributed by atoms with Gasteiger partial charge in [-0.2, -0.15) is 4.98 Å². The molecule has 1 N–H and O–H groups in total. The highest BCUT2D eigenvalue weighted by molar-refractivity contribution is 6.02. The van der Waals surface area contributed by atoms with E-state index in [1.807, 2.05) is 12.1 Å². The van der Waals surface area contributed by atoms with Crippen molar-refractivity contribution in [2.75, 3.05) is 12.4 Å². The Morgan fingerprint density at radius 2 is 2.03 bits per heavy atom. The molecule has 3 aromatic heterocycles. The summed E-state index contributed by atoms with van der Waals surface area (Å²) in [5.41, 5.74) is 1.68. The Morgan fingerprint density at radius 3 is 2.80 bits per heavy atom. The van der Waals surface area contributed by atoms with Gasteiger partial charge in [0.25, 0.3) is 11.8 Å². The number of aromatic nitrogens is 5. The smallest absolute Gasteiger partial charge is 0.275 e. The zero-order valence-electron chi connectivity index (χ0n) is 16.1. The molecule has 0 bridgehead atoms. The van der Waals surface area contributed by atoms with E-state index in [-0.39, 0.29) is 11.6 Å². The number of carbonyl (C=O) groups is 1. The zero-order valence-corrected chi connectivity index (χ0v) is 16.1. The van der Waals surface area contributed by atoms with Gasteiger partial charge >= 0.3 is 0 Å². The second-order valence-electron chi connectivity index (χ2n) is 6.98. The Balaban J connectivity index is 1.33. The van der Waals surface area contributed by atoms with Gasteiger partial charge in [0, 0.05) is 29.6 Å². The van der Waals surface area contributed by atoms with Crippen molar-refractivity contribution in [1.29, 1.82) is 0 Å². The van der Waals surface area contributed by atoms with Gasteiger partial charge in [0.1, 0.15) is 23.6 Å². The first-order chi connectivity index (χ1) is 14.7. The molecule has 0 atom stereocenters. The molecule has 30 heavy (non-hydrogen) atoms. The van der Waals surface area contributed by atoms with Crippen LogP contribution < -0.4 is 10.1 Å². The highest BCUT2D eigenvalue weighted by Gasteiger charge is 2.29. The van der Waals surface area contributed by atoms with Crippen molar-refractivity contribution >= 4 is 11.6 Å². The fraction of sp³-hybridized carbons (Fsp3) is 0.190. The molecule has 9 nitrogen and oxygen atoms in total. The van der Waals surface area contributed by atoms with E-state index in [1.54, 1.807) is 54.7 Å². The molecule has 0 spiro atoms. The van der Waals surface area contributed by atoms with E-state index in [9.17, 15) is 4.79 Å². The normalized spacial score (nSPS) is 13.2. The number of hydrogen-bond donors (Lipinski definition) is 1. The van der Waals surface area contributed by atoms with E-state index < -0.39 is 0 Å². The molecule has 1 aromatic carbocycles. The molecule has 1 saturated carbocycles. The summed E-state index contributed by atoms with van der Waals surface area (Å²) in [6, 6.07) is 10.7. The summed E-state index contributed by atoms with van der Waals surface area (Å²) in [6.45, 7) is 0. The summed E-state index contributed by atoms with van der Waals surface area (Å²) in [6.07, 6.45) is 7.03. The average Bonchev–Trinajstić information content (AvgIpc) is 3.30. The number of carbonyl (C=O) groups excluding carboxylic acids is 1. The van der Waals surface area contributed by atoms with Gasteiger partial charge in [-0.05, 0) is 49.2 Å². The molecule has 0 aliphatic heterocycles.